The van der Waals surface area contributed by atoms with Gasteiger partial charge in [-0.25, -0.2) is 4.39 Å². The second kappa shape index (κ2) is 6.23. The lowest BCUT2D eigenvalue weighted by atomic mass is 9.78. The quantitative estimate of drug-likeness (QED) is 0.787. The summed E-state index contributed by atoms with van der Waals surface area (Å²) < 4.78 is 65.5. The van der Waals surface area contributed by atoms with Gasteiger partial charge in [-0.05, 0) is 30.7 Å². The fourth-order valence-electron chi connectivity index (χ4n) is 3.75. The zero-order chi connectivity index (χ0) is 20.2. The number of halogens is 5. The molecule has 3 nitrogen and oxygen atoms in total. The third-order valence-corrected chi connectivity index (χ3v) is 5.12. The molecule has 1 saturated heterocycles. The first kappa shape index (κ1) is 18.3. The molecule has 28 heavy (non-hydrogen) atoms. The molecule has 1 fully saturated rings. The Labute approximate surface area is 157 Å². The molecule has 1 N–H and O–H groups in total. The second-order valence-electron chi connectivity index (χ2n) is 6.74. The van der Waals surface area contributed by atoms with E-state index in [-0.39, 0.29) is 29.1 Å². The minimum absolute atomic E-state index is 0.125. The van der Waals surface area contributed by atoms with Gasteiger partial charge in [-0.15, -0.1) is 0 Å². The molecule has 0 aromatic heterocycles. The largest absolute Gasteiger partial charge is 0.416 e. The molecule has 3 atom stereocenters. The van der Waals surface area contributed by atoms with Crippen molar-refractivity contribution in [2.45, 2.75) is 31.2 Å². The number of benzene rings is 1. The lowest BCUT2D eigenvalue weighted by molar-refractivity contribution is -0.143. The average molecular weight is 392 g/mol. The Bertz CT molecular complexity index is 968. The fraction of sp³-hybridized carbons (Fsp3) is 0.250. The first-order chi connectivity index (χ1) is 13.2. The summed E-state index contributed by atoms with van der Waals surface area (Å²) in [6, 6.07) is 9.60. The van der Waals surface area contributed by atoms with E-state index in [9.17, 15) is 26.7 Å². The maximum absolute atomic E-state index is 14.1. The van der Waals surface area contributed by atoms with Crippen molar-refractivity contribution >= 4 is 11.6 Å². The van der Waals surface area contributed by atoms with Crippen LogP contribution in [0.5, 0.6) is 0 Å². The Morgan fingerprint density at radius 3 is 2.39 bits per heavy atom. The Morgan fingerprint density at radius 2 is 1.79 bits per heavy atom. The number of amides is 1. The van der Waals surface area contributed by atoms with Gasteiger partial charge < -0.3 is 10.2 Å². The minimum atomic E-state index is -4.43. The van der Waals surface area contributed by atoms with Gasteiger partial charge >= 0.3 is 6.18 Å². The predicted molar refractivity (Wildman–Crippen MR) is 89.4 cm³/mol. The van der Waals surface area contributed by atoms with E-state index in [1.54, 1.807) is 6.92 Å². The smallest absolute Gasteiger partial charge is 0.363 e. The van der Waals surface area contributed by atoms with Crippen LogP contribution < -0.4 is 5.32 Å². The molecule has 144 valence electrons. The van der Waals surface area contributed by atoms with Gasteiger partial charge in [-0.1, -0.05) is 18.2 Å². The van der Waals surface area contributed by atoms with E-state index in [4.69, 9.17) is 0 Å². The van der Waals surface area contributed by atoms with Gasteiger partial charge in [0.1, 0.15) is 12.0 Å². The van der Waals surface area contributed by atoms with Crippen molar-refractivity contribution in [2.24, 2.45) is 0 Å². The molecule has 0 radical (unpaired) electrons. The number of fused-ring (bicyclic) bond motifs is 1. The molecule has 2 aliphatic rings. The lowest BCUT2D eigenvalue weighted by Crippen LogP contribution is -2.69. The van der Waals surface area contributed by atoms with Gasteiger partial charge in [0.25, 0.3) is 5.91 Å². The van der Waals surface area contributed by atoms with Gasteiger partial charge in [0.05, 0.1) is 16.8 Å². The van der Waals surface area contributed by atoms with Gasteiger partial charge in [0.2, 0.25) is 0 Å². The van der Waals surface area contributed by atoms with Crippen LogP contribution in [-0.2, 0) is 11.0 Å². The fourth-order valence-corrected chi connectivity index (χ4v) is 3.75. The number of nitrogens with one attached hydrogen (secondary N) is 1. The third-order valence-electron chi connectivity index (χ3n) is 5.12. The Balaban J connectivity index is 1.63. The van der Waals surface area contributed by atoms with Gasteiger partial charge in [-0.2, -0.15) is 17.6 Å². The Hall–Kier alpha value is -3.08. The lowest BCUT2D eigenvalue weighted by Gasteiger charge is -2.56. The van der Waals surface area contributed by atoms with E-state index < -0.39 is 29.5 Å². The molecule has 2 heterocycles. The molecule has 0 bridgehead atoms. The van der Waals surface area contributed by atoms with Gasteiger partial charge in [-0.3, -0.25) is 4.79 Å². The summed E-state index contributed by atoms with van der Waals surface area (Å²) in [7, 11) is 0. The van der Waals surface area contributed by atoms with Gasteiger partial charge in [0, 0.05) is 24.1 Å². The van der Waals surface area contributed by atoms with Crippen LogP contribution in [0.25, 0.3) is 5.70 Å². The molecule has 2 aliphatic heterocycles. The van der Waals surface area contributed by atoms with E-state index in [0.717, 1.165) is 12.1 Å². The maximum atomic E-state index is 14.1. The number of rotatable bonds is 2. The SMILES string of the molecule is CC1C(c2ccc(C(F)(F)F)cc2)C2NC(c3c#cc(F)cc3F)=CC(=O)N12. The van der Waals surface area contributed by atoms with Gasteiger partial charge in [0.15, 0.2) is 5.82 Å². The number of nitrogens with zero attached hydrogens (tertiary/aromatic N) is 1. The molecule has 0 saturated carbocycles. The maximum Gasteiger partial charge on any atom is 0.416 e. The zero-order valence-electron chi connectivity index (χ0n) is 14.4. The van der Waals surface area contributed by atoms with Crippen molar-refractivity contribution in [1.82, 2.24) is 10.2 Å². The molecule has 3 unspecified atom stereocenters. The van der Waals surface area contributed by atoms with Crippen LogP contribution in [0, 0.1) is 23.8 Å². The van der Waals surface area contributed by atoms with E-state index >= 15 is 0 Å². The standard InChI is InChI=1S/C20H13F5N2O/c1-10-18(11-2-4-12(5-3-11)20(23,24)25)19-26-16(9-17(28)27(10)19)14-7-6-13(21)8-15(14)22/h2-5,8-10,18-19,26H,1H3. The molecule has 1 amide bonds. The first-order valence-corrected chi connectivity index (χ1v) is 8.44. The number of carbonyl (C=O) groups is 1. The van der Waals surface area contributed by atoms with Crippen molar-refractivity contribution in [3.05, 3.63) is 76.9 Å². The molecule has 4 rings (SSSR count). The zero-order valence-corrected chi connectivity index (χ0v) is 14.4. The van der Waals surface area contributed by atoms with Crippen LogP contribution in [0.2, 0.25) is 0 Å². The van der Waals surface area contributed by atoms with Crippen LogP contribution in [0.1, 0.15) is 29.5 Å². The van der Waals surface area contributed by atoms with Crippen LogP contribution in [-0.4, -0.2) is 23.0 Å². The molecule has 0 aliphatic carbocycles. The highest BCUT2D eigenvalue weighted by molar-refractivity contribution is 5.97. The first-order valence-electron chi connectivity index (χ1n) is 8.44. The van der Waals surface area contributed by atoms with E-state index in [1.807, 2.05) is 0 Å². The summed E-state index contributed by atoms with van der Waals surface area (Å²) in [6.07, 6.45) is -3.80. The van der Waals surface area contributed by atoms with Crippen molar-refractivity contribution in [3.8, 4) is 0 Å². The Morgan fingerprint density at radius 1 is 1.11 bits per heavy atom. The number of alkyl halides is 3. The normalized spacial score (nSPS) is 23.9. The summed E-state index contributed by atoms with van der Waals surface area (Å²) in [5.41, 5.74) is -0.130. The minimum Gasteiger partial charge on any atom is -0.363 e. The highest BCUT2D eigenvalue weighted by atomic mass is 19.4. The molecule has 2 aromatic rings. The number of hydrogen-bond acceptors (Lipinski definition) is 2. The van der Waals surface area contributed by atoms with Crippen molar-refractivity contribution in [3.63, 3.8) is 0 Å². The predicted octanol–water partition coefficient (Wildman–Crippen LogP) is 3.87. The monoisotopic (exact) mass is 392 g/mol. The van der Waals surface area contributed by atoms with E-state index in [1.165, 1.54) is 23.1 Å². The number of hydrogen-bond donors (Lipinski definition) is 1. The van der Waals surface area contributed by atoms with Crippen LogP contribution in [0.4, 0.5) is 22.0 Å². The van der Waals surface area contributed by atoms with Crippen LogP contribution in [0.3, 0.4) is 0 Å². The summed E-state index contributed by atoms with van der Waals surface area (Å²) in [6.45, 7) is 1.79. The van der Waals surface area contributed by atoms with Crippen LogP contribution >= 0.6 is 0 Å². The summed E-state index contributed by atoms with van der Waals surface area (Å²) in [5.74, 6) is -2.46. The number of carbonyl (C=O) groups excluding carboxylic acids is 1. The topological polar surface area (TPSA) is 32.3 Å². The van der Waals surface area contributed by atoms with Crippen molar-refractivity contribution < 1.29 is 26.7 Å². The highest BCUT2D eigenvalue weighted by Gasteiger charge is 2.51. The average Bonchev–Trinajstić information content (AvgIpc) is 2.60. The molecule has 8 heteroatoms. The second-order valence-corrected chi connectivity index (χ2v) is 6.74. The molecular weight excluding hydrogens is 379 g/mol. The van der Waals surface area contributed by atoms with E-state index in [2.05, 4.69) is 17.4 Å². The van der Waals surface area contributed by atoms with Crippen LogP contribution in [0.15, 0.2) is 36.4 Å². The van der Waals surface area contributed by atoms with Crippen molar-refractivity contribution in [1.29, 1.82) is 0 Å². The van der Waals surface area contributed by atoms with E-state index in [0.29, 0.717) is 11.6 Å². The molecular formula is C20H13F5N2O. The highest BCUT2D eigenvalue weighted by Crippen LogP contribution is 2.43. The Kier molecular flexibility index (Phi) is 4.07. The third kappa shape index (κ3) is 2.87. The molecule has 2 aromatic carbocycles. The summed E-state index contributed by atoms with van der Waals surface area (Å²) in [4.78, 5) is 14.0. The summed E-state index contributed by atoms with van der Waals surface area (Å²) >= 11 is 0. The molecule has 0 spiro atoms. The summed E-state index contributed by atoms with van der Waals surface area (Å²) in [5, 5.41) is 3.01. The van der Waals surface area contributed by atoms with Crippen molar-refractivity contribution in [2.75, 3.05) is 0 Å².